The Bertz CT molecular complexity index is 1650. The van der Waals surface area contributed by atoms with Gasteiger partial charge in [0.2, 0.25) is 0 Å². The number of nitrogens with zero attached hydrogens (tertiary/aromatic N) is 2. The van der Waals surface area contributed by atoms with Crippen LogP contribution in [0.15, 0.2) is 59.6 Å². The van der Waals surface area contributed by atoms with Gasteiger partial charge in [-0.3, -0.25) is 14.0 Å². The highest BCUT2D eigenvalue weighted by molar-refractivity contribution is 7.87. The number of carbonyl (C=O) groups is 1. The third-order valence-electron chi connectivity index (χ3n) is 8.37. The van der Waals surface area contributed by atoms with Gasteiger partial charge in [-0.25, -0.2) is 0 Å². The molecule has 1 saturated carbocycles. The van der Waals surface area contributed by atoms with Crippen LogP contribution in [0.3, 0.4) is 0 Å². The van der Waals surface area contributed by atoms with Crippen LogP contribution in [-0.2, 0) is 14.3 Å². The second-order valence-corrected chi connectivity index (χ2v) is 14.6. The molecule has 1 aliphatic carbocycles. The van der Waals surface area contributed by atoms with Gasteiger partial charge in [-0.05, 0) is 49.7 Å². The van der Waals surface area contributed by atoms with E-state index >= 15 is 0 Å². The normalized spacial score (nSPS) is 18.6. The van der Waals surface area contributed by atoms with Crippen LogP contribution in [0.2, 0.25) is 5.02 Å². The molecule has 1 fully saturated rings. The number of nitriles is 1. The second-order valence-electron chi connectivity index (χ2n) is 12.6. The molecular formula is C34H40ClN3O5S. The van der Waals surface area contributed by atoms with Crippen molar-refractivity contribution in [1.82, 2.24) is 10.3 Å². The number of hydrogen-bond acceptors (Lipinski definition) is 7. The van der Waals surface area contributed by atoms with Gasteiger partial charge >= 0.3 is 0 Å². The van der Waals surface area contributed by atoms with Gasteiger partial charge in [0, 0.05) is 34.7 Å². The molecule has 1 amide bonds. The van der Waals surface area contributed by atoms with Crippen molar-refractivity contribution < 1.29 is 22.1 Å². The number of halogens is 1. The summed E-state index contributed by atoms with van der Waals surface area (Å²) in [7, 11) is -3.99. The second kappa shape index (κ2) is 13.3. The van der Waals surface area contributed by atoms with Crippen LogP contribution in [0, 0.1) is 29.1 Å². The molecule has 234 valence electrons. The summed E-state index contributed by atoms with van der Waals surface area (Å²) in [4.78, 5) is 17.9. The number of aryl methyl sites for hydroxylation is 1. The first-order valence-corrected chi connectivity index (χ1v) is 16.6. The summed E-state index contributed by atoms with van der Waals surface area (Å²) in [5.41, 5.74) is 1.62. The van der Waals surface area contributed by atoms with E-state index in [1.165, 1.54) is 6.20 Å². The predicted octanol–water partition coefficient (Wildman–Crippen LogP) is 7.48. The average Bonchev–Trinajstić information content (AvgIpc) is 2.98. The summed E-state index contributed by atoms with van der Waals surface area (Å²) in [5, 5.41) is 12.6. The van der Waals surface area contributed by atoms with E-state index in [1.54, 1.807) is 48.5 Å². The Balaban J connectivity index is 1.48. The van der Waals surface area contributed by atoms with Gasteiger partial charge in [-0.2, -0.15) is 13.7 Å². The third kappa shape index (κ3) is 6.93. The van der Waals surface area contributed by atoms with Crippen LogP contribution in [0.4, 0.5) is 0 Å². The summed E-state index contributed by atoms with van der Waals surface area (Å²) < 4.78 is 37.8. The minimum absolute atomic E-state index is 0.0517. The number of ether oxygens (including phenoxy) is 1. The molecule has 1 aliphatic rings. The van der Waals surface area contributed by atoms with E-state index in [0.29, 0.717) is 39.6 Å². The van der Waals surface area contributed by atoms with Crippen LogP contribution < -0.4 is 10.1 Å². The number of hydrogen-bond donors (Lipinski definition) is 1. The van der Waals surface area contributed by atoms with E-state index in [0.717, 1.165) is 24.8 Å². The highest BCUT2D eigenvalue weighted by Gasteiger charge is 2.64. The smallest absolute Gasteiger partial charge is 0.297 e. The molecule has 1 aromatic heterocycles. The summed E-state index contributed by atoms with van der Waals surface area (Å²) in [6.45, 7) is 12.2. The average molecular weight is 638 g/mol. The highest BCUT2D eigenvalue weighted by atomic mass is 35.5. The maximum Gasteiger partial charge on any atom is 0.297 e. The maximum atomic E-state index is 13.4. The molecule has 1 N–H and O–H groups in total. The van der Waals surface area contributed by atoms with Gasteiger partial charge in [0.25, 0.3) is 16.0 Å². The van der Waals surface area contributed by atoms with E-state index in [2.05, 4.69) is 17.2 Å². The first-order valence-electron chi connectivity index (χ1n) is 14.9. The summed E-state index contributed by atoms with van der Waals surface area (Å²) >= 11 is 6.20. The monoisotopic (exact) mass is 637 g/mol. The van der Waals surface area contributed by atoms with Crippen molar-refractivity contribution in [3.8, 4) is 23.1 Å². The topological polar surface area (TPSA) is 118 Å². The molecule has 0 atom stereocenters. The van der Waals surface area contributed by atoms with E-state index in [9.17, 15) is 13.2 Å². The molecule has 4 rings (SSSR count). The van der Waals surface area contributed by atoms with Crippen molar-refractivity contribution >= 4 is 27.6 Å². The third-order valence-corrected chi connectivity index (χ3v) is 10.1. The van der Waals surface area contributed by atoms with E-state index in [4.69, 9.17) is 25.8 Å². The van der Waals surface area contributed by atoms with Gasteiger partial charge in [-0.15, -0.1) is 0 Å². The molecule has 1 heterocycles. The molecule has 0 bridgehead atoms. The first-order chi connectivity index (χ1) is 20.7. The van der Waals surface area contributed by atoms with Crippen molar-refractivity contribution in [1.29, 1.82) is 5.26 Å². The fourth-order valence-corrected chi connectivity index (χ4v) is 7.67. The fraction of sp³-hybridized carbons (Fsp3) is 0.441. The lowest BCUT2D eigenvalue weighted by Crippen LogP contribution is -2.74. The quantitative estimate of drug-likeness (QED) is 0.161. The summed E-state index contributed by atoms with van der Waals surface area (Å²) in [6, 6.07) is 15.1. The molecule has 10 heteroatoms. The largest absolute Gasteiger partial charge is 0.489 e. The summed E-state index contributed by atoms with van der Waals surface area (Å²) in [5.74, 6) is 0.270. The van der Waals surface area contributed by atoms with Gasteiger partial charge in [0.05, 0.1) is 28.5 Å². The van der Waals surface area contributed by atoms with Crippen molar-refractivity contribution in [2.45, 2.75) is 84.3 Å². The molecular weight excluding hydrogens is 598 g/mol. The maximum absolute atomic E-state index is 13.4. The van der Waals surface area contributed by atoms with Crippen LogP contribution in [0.25, 0.3) is 11.3 Å². The van der Waals surface area contributed by atoms with E-state index in [1.807, 2.05) is 40.7 Å². The predicted molar refractivity (Wildman–Crippen MR) is 171 cm³/mol. The number of rotatable bonds is 12. The molecule has 8 nitrogen and oxygen atoms in total. The Morgan fingerprint density at radius 2 is 1.77 bits per heavy atom. The van der Waals surface area contributed by atoms with E-state index < -0.39 is 20.9 Å². The van der Waals surface area contributed by atoms with Crippen LogP contribution in [0.5, 0.6) is 5.75 Å². The van der Waals surface area contributed by atoms with E-state index in [-0.39, 0.29) is 29.6 Å². The van der Waals surface area contributed by atoms with Gasteiger partial charge in [-0.1, -0.05) is 77.1 Å². The molecule has 3 aromatic rings. The zero-order valence-corrected chi connectivity index (χ0v) is 27.7. The van der Waals surface area contributed by atoms with Gasteiger partial charge in [0.15, 0.2) is 0 Å². The minimum atomic E-state index is -3.99. The Kier molecular flexibility index (Phi) is 10.1. The number of benzene rings is 2. The number of pyridine rings is 1. The number of carbonyl (C=O) groups excluding carboxylic acids is 1. The van der Waals surface area contributed by atoms with Gasteiger partial charge in [0.1, 0.15) is 22.8 Å². The molecule has 0 spiro atoms. The first kappa shape index (κ1) is 33.4. The number of aromatic nitrogens is 1. The van der Waals surface area contributed by atoms with Crippen molar-refractivity contribution in [3.05, 3.63) is 76.4 Å². The Hall–Kier alpha value is -3.45. The Labute approximate surface area is 265 Å². The van der Waals surface area contributed by atoms with Crippen molar-refractivity contribution in [2.24, 2.45) is 10.8 Å². The fourth-order valence-electron chi connectivity index (χ4n) is 6.32. The standard InChI is InChI=1S/C34H40ClN3O5S/c1-7-8-9-10-17-42-44(40,41)29-16-11-22(2)18-26(29)28-15-13-24(21-37-28)30(39)38-31-33(3,4)32(34(31,5)6)43-25-14-12-23(20-36)27(35)19-25/h11-16,18-19,21,31-32H,7-10,17H2,1-6H3,(H,38,39)/t31-,32-. The Morgan fingerprint density at radius 1 is 1.05 bits per heavy atom. The number of amides is 1. The number of nitrogens with one attached hydrogen (secondary N) is 1. The SMILES string of the molecule is CCCCCCOS(=O)(=O)c1ccc(C)cc1-c1ccc(C(=O)N[C@H]2C(C)(C)[C@H](Oc3ccc(C#N)c(Cl)c3)C2(C)C)cn1. The Morgan fingerprint density at radius 3 is 2.39 bits per heavy atom. The van der Waals surface area contributed by atoms with Crippen LogP contribution in [0.1, 0.15) is 81.8 Å². The lowest BCUT2D eigenvalue weighted by Gasteiger charge is -2.63. The van der Waals surface area contributed by atoms with Crippen LogP contribution >= 0.6 is 11.6 Å². The molecule has 0 unspecified atom stereocenters. The molecule has 0 saturated heterocycles. The minimum Gasteiger partial charge on any atom is -0.489 e. The van der Waals surface area contributed by atoms with Crippen molar-refractivity contribution in [3.63, 3.8) is 0 Å². The highest BCUT2D eigenvalue weighted by Crippen LogP contribution is 2.55. The van der Waals surface area contributed by atoms with Gasteiger partial charge < -0.3 is 10.1 Å². The van der Waals surface area contributed by atoms with Crippen molar-refractivity contribution in [2.75, 3.05) is 6.61 Å². The number of unbranched alkanes of at least 4 members (excludes halogenated alkanes) is 3. The lowest BCUT2D eigenvalue weighted by atomic mass is 9.49. The molecule has 2 aromatic carbocycles. The summed E-state index contributed by atoms with van der Waals surface area (Å²) in [6.07, 6.45) is 4.88. The zero-order valence-electron chi connectivity index (χ0n) is 26.1. The zero-order chi connectivity index (χ0) is 32.3. The lowest BCUT2D eigenvalue weighted by molar-refractivity contribution is -0.164. The molecule has 0 radical (unpaired) electrons. The molecule has 0 aliphatic heterocycles. The molecule has 44 heavy (non-hydrogen) atoms. The van der Waals surface area contributed by atoms with Crippen LogP contribution in [-0.4, -0.2) is 38.1 Å².